The summed E-state index contributed by atoms with van der Waals surface area (Å²) < 4.78 is 5.67. The van der Waals surface area contributed by atoms with Crippen molar-refractivity contribution in [3.05, 3.63) is 57.5 Å². The number of nitrogens with one attached hydrogen (secondary N) is 1. The van der Waals surface area contributed by atoms with Gasteiger partial charge in [-0.25, -0.2) is 4.98 Å². The van der Waals surface area contributed by atoms with E-state index in [-0.39, 0.29) is 11.5 Å². The molecule has 0 bridgehead atoms. The Morgan fingerprint density at radius 2 is 2.26 bits per heavy atom. The zero-order chi connectivity index (χ0) is 16.4. The molecule has 1 saturated heterocycles. The molecule has 120 valence electrons. The largest absolute Gasteiger partial charge is 0.367 e. The third kappa shape index (κ3) is 3.29. The monoisotopic (exact) mass is 314 g/mol. The first kappa shape index (κ1) is 15.4. The van der Waals surface area contributed by atoms with Crippen LogP contribution in [0, 0.1) is 13.8 Å². The van der Waals surface area contributed by atoms with Gasteiger partial charge in [-0.1, -0.05) is 6.07 Å². The number of aromatic nitrogens is 3. The van der Waals surface area contributed by atoms with Gasteiger partial charge in [-0.3, -0.25) is 14.6 Å². The second kappa shape index (κ2) is 6.29. The SMILES string of the molecule is Cc1cc(=O)[nH]c([C@@H]2CN(C(=O)c3ncccc3C)CCO2)n1. The van der Waals surface area contributed by atoms with Gasteiger partial charge in [-0.2, -0.15) is 0 Å². The molecule has 1 aliphatic heterocycles. The zero-order valence-electron chi connectivity index (χ0n) is 13.1. The van der Waals surface area contributed by atoms with Gasteiger partial charge in [0, 0.05) is 24.5 Å². The van der Waals surface area contributed by atoms with Crippen molar-refractivity contribution in [3.63, 3.8) is 0 Å². The highest BCUT2D eigenvalue weighted by atomic mass is 16.5. The molecule has 1 N–H and O–H groups in total. The van der Waals surface area contributed by atoms with Gasteiger partial charge < -0.3 is 14.6 Å². The van der Waals surface area contributed by atoms with E-state index in [4.69, 9.17) is 4.74 Å². The summed E-state index contributed by atoms with van der Waals surface area (Å²) in [5.74, 6) is 0.316. The van der Waals surface area contributed by atoms with E-state index < -0.39 is 6.10 Å². The van der Waals surface area contributed by atoms with Crippen molar-refractivity contribution in [1.29, 1.82) is 0 Å². The molecule has 0 radical (unpaired) electrons. The lowest BCUT2D eigenvalue weighted by atomic mass is 10.1. The zero-order valence-corrected chi connectivity index (χ0v) is 13.1. The molecule has 7 heteroatoms. The number of pyridine rings is 1. The van der Waals surface area contributed by atoms with E-state index in [9.17, 15) is 9.59 Å². The molecule has 7 nitrogen and oxygen atoms in total. The molecule has 3 rings (SSSR count). The first-order chi connectivity index (χ1) is 11.0. The molecule has 1 amide bonds. The van der Waals surface area contributed by atoms with Gasteiger partial charge >= 0.3 is 0 Å². The third-order valence-electron chi connectivity index (χ3n) is 3.76. The highest BCUT2D eigenvalue weighted by Crippen LogP contribution is 2.20. The molecule has 0 aliphatic carbocycles. The highest BCUT2D eigenvalue weighted by molar-refractivity contribution is 5.93. The molecule has 23 heavy (non-hydrogen) atoms. The average Bonchev–Trinajstić information content (AvgIpc) is 2.54. The molecule has 0 unspecified atom stereocenters. The van der Waals surface area contributed by atoms with Crippen molar-refractivity contribution in [3.8, 4) is 0 Å². The van der Waals surface area contributed by atoms with Crippen LogP contribution in [0.3, 0.4) is 0 Å². The molecule has 3 heterocycles. The minimum absolute atomic E-state index is 0.133. The number of amides is 1. The fraction of sp³-hybridized carbons (Fsp3) is 0.375. The molecular formula is C16H18N4O3. The number of H-pyrrole nitrogens is 1. The minimum Gasteiger partial charge on any atom is -0.367 e. The Balaban J connectivity index is 1.82. The quantitative estimate of drug-likeness (QED) is 0.893. The Hall–Kier alpha value is -2.54. The van der Waals surface area contributed by atoms with Crippen LogP contribution in [0.4, 0.5) is 0 Å². The van der Waals surface area contributed by atoms with E-state index in [2.05, 4.69) is 15.0 Å². The van der Waals surface area contributed by atoms with Crippen molar-refractivity contribution in [2.75, 3.05) is 19.7 Å². The second-order valence-electron chi connectivity index (χ2n) is 5.55. The first-order valence-corrected chi connectivity index (χ1v) is 7.45. The van der Waals surface area contributed by atoms with Crippen molar-refractivity contribution >= 4 is 5.91 Å². The number of ether oxygens (including phenoxy) is 1. The van der Waals surface area contributed by atoms with Crippen molar-refractivity contribution in [2.45, 2.75) is 20.0 Å². The Morgan fingerprint density at radius 1 is 1.43 bits per heavy atom. The minimum atomic E-state index is -0.440. The number of hydrogen-bond donors (Lipinski definition) is 1. The van der Waals surface area contributed by atoms with Crippen LogP contribution in [0.5, 0.6) is 0 Å². The number of aromatic amines is 1. The van der Waals surface area contributed by atoms with Crippen LogP contribution in [0.2, 0.25) is 0 Å². The molecule has 2 aromatic rings. The van der Waals surface area contributed by atoms with Crippen LogP contribution in [0.25, 0.3) is 0 Å². The summed E-state index contributed by atoms with van der Waals surface area (Å²) in [6, 6.07) is 5.08. The van der Waals surface area contributed by atoms with E-state index in [1.807, 2.05) is 13.0 Å². The number of rotatable bonds is 2. The Bertz CT molecular complexity index is 787. The molecule has 1 atom stereocenters. The molecule has 0 aromatic carbocycles. The number of morpholine rings is 1. The van der Waals surface area contributed by atoms with Crippen molar-refractivity contribution < 1.29 is 9.53 Å². The van der Waals surface area contributed by atoms with Gasteiger partial charge in [-0.15, -0.1) is 0 Å². The van der Waals surface area contributed by atoms with Gasteiger partial charge in [-0.05, 0) is 25.5 Å². The summed E-state index contributed by atoms with van der Waals surface area (Å²) in [7, 11) is 0. The number of carbonyl (C=O) groups is 1. The maximum atomic E-state index is 12.6. The fourth-order valence-electron chi connectivity index (χ4n) is 2.61. The number of carbonyl (C=O) groups excluding carboxylic acids is 1. The average molecular weight is 314 g/mol. The van der Waals surface area contributed by atoms with Gasteiger partial charge in [0.1, 0.15) is 17.6 Å². The number of aryl methyl sites for hydroxylation is 2. The van der Waals surface area contributed by atoms with Gasteiger partial charge in [0.25, 0.3) is 11.5 Å². The Kier molecular flexibility index (Phi) is 4.20. The predicted molar refractivity (Wildman–Crippen MR) is 83.2 cm³/mol. The number of nitrogens with zero attached hydrogens (tertiary/aromatic N) is 3. The van der Waals surface area contributed by atoms with Crippen LogP contribution in [0.15, 0.2) is 29.2 Å². The van der Waals surface area contributed by atoms with E-state index in [1.54, 1.807) is 24.1 Å². The summed E-state index contributed by atoms with van der Waals surface area (Å²) >= 11 is 0. The number of hydrogen-bond acceptors (Lipinski definition) is 5. The molecule has 1 aliphatic rings. The van der Waals surface area contributed by atoms with E-state index in [1.165, 1.54) is 6.07 Å². The summed E-state index contributed by atoms with van der Waals surface area (Å²) in [6.07, 6.45) is 1.17. The lowest BCUT2D eigenvalue weighted by Gasteiger charge is -2.32. The standard InChI is InChI=1S/C16H18N4O3/c1-10-4-3-5-17-14(10)16(22)20-6-7-23-12(9-20)15-18-11(2)8-13(21)19-15/h3-5,8,12H,6-7,9H2,1-2H3,(H,18,19,21)/t12-/m0/s1. The van der Waals surface area contributed by atoms with Gasteiger partial charge in [0.2, 0.25) is 0 Å². The van der Waals surface area contributed by atoms with E-state index in [0.717, 1.165) is 5.56 Å². The van der Waals surface area contributed by atoms with Gasteiger partial charge in [0.05, 0.1) is 13.2 Å². The van der Waals surface area contributed by atoms with Crippen molar-refractivity contribution in [2.24, 2.45) is 0 Å². The lowest BCUT2D eigenvalue weighted by Crippen LogP contribution is -2.43. The van der Waals surface area contributed by atoms with Crippen LogP contribution in [0.1, 0.15) is 33.7 Å². The third-order valence-corrected chi connectivity index (χ3v) is 3.76. The predicted octanol–water partition coefficient (Wildman–Crippen LogP) is 0.995. The summed E-state index contributed by atoms with van der Waals surface area (Å²) in [5.41, 5.74) is 1.68. The Labute approximate surface area is 133 Å². The van der Waals surface area contributed by atoms with Crippen molar-refractivity contribution in [1.82, 2.24) is 19.9 Å². The van der Waals surface area contributed by atoms with E-state index in [0.29, 0.717) is 36.9 Å². The topological polar surface area (TPSA) is 88.2 Å². The molecular weight excluding hydrogens is 296 g/mol. The maximum absolute atomic E-state index is 12.6. The van der Waals surface area contributed by atoms with Crippen LogP contribution in [-0.2, 0) is 4.74 Å². The summed E-state index contributed by atoms with van der Waals surface area (Å²) in [4.78, 5) is 37.1. The fourth-order valence-corrected chi connectivity index (χ4v) is 2.61. The first-order valence-electron chi connectivity index (χ1n) is 7.45. The van der Waals surface area contributed by atoms with E-state index >= 15 is 0 Å². The summed E-state index contributed by atoms with van der Waals surface area (Å²) in [5, 5.41) is 0. The summed E-state index contributed by atoms with van der Waals surface area (Å²) in [6.45, 7) is 4.82. The maximum Gasteiger partial charge on any atom is 0.272 e. The smallest absolute Gasteiger partial charge is 0.272 e. The molecule has 2 aromatic heterocycles. The van der Waals surface area contributed by atoms with Crippen LogP contribution >= 0.6 is 0 Å². The lowest BCUT2D eigenvalue weighted by molar-refractivity contribution is -0.0271. The Morgan fingerprint density at radius 3 is 3.00 bits per heavy atom. The molecule has 0 spiro atoms. The van der Waals surface area contributed by atoms with Crippen LogP contribution in [-0.4, -0.2) is 45.5 Å². The molecule has 0 saturated carbocycles. The van der Waals surface area contributed by atoms with Gasteiger partial charge in [0.15, 0.2) is 0 Å². The highest BCUT2D eigenvalue weighted by Gasteiger charge is 2.28. The molecule has 1 fully saturated rings. The normalized spacial score (nSPS) is 18.0. The van der Waals surface area contributed by atoms with Crippen LogP contribution < -0.4 is 5.56 Å². The second-order valence-corrected chi connectivity index (χ2v) is 5.55.